The molecular formula is C23H31N7O3S. The fourth-order valence-corrected chi connectivity index (χ4v) is 4.35. The third-order valence-electron chi connectivity index (χ3n) is 5.44. The van der Waals surface area contributed by atoms with Crippen LogP contribution in [0.25, 0.3) is 11.4 Å². The van der Waals surface area contributed by atoms with Crippen molar-refractivity contribution in [2.24, 2.45) is 7.05 Å². The number of carbonyl (C=O) groups excluding carboxylic acids is 1. The lowest BCUT2D eigenvalue weighted by atomic mass is 10.1. The van der Waals surface area contributed by atoms with Gasteiger partial charge in [0.2, 0.25) is 5.91 Å². The molecule has 0 saturated heterocycles. The monoisotopic (exact) mass is 485 g/mol. The molecule has 2 heterocycles. The molecule has 0 fully saturated rings. The number of nitrogens with zero attached hydrogens (tertiary/aromatic N) is 5. The normalized spacial score (nSPS) is 11.1. The van der Waals surface area contributed by atoms with Crippen LogP contribution in [0.5, 0.6) is 0 Å². The zero-order valence-corrected chi connectivity index (χ0v) is 20.8. The lowest BCUT2D eigenvalue weighted by Gasteiger charge is -2.24. The van der Waals surface area contributed by atoms with E-state index in [9.17, 15) is 14.4 Å². The van der Waals surface area contributed by atoms with Crippen molar-refractivity contribution >= 4 is 29.2 Å². The Hall–Kier alpha value is -3.34. The van der Waals surface area contributed by atoms with Gasteiger partial charge in [-0.25, -0.2) is 4.79 Å². The number of rotatable bonds is 10. The smallest absolute Gasteiger partial charge is 0.330 e. The lowest BCUT2D eigenvalue weighted by Crippen LogP contribution is -2.42. The molecular weight excluding hydrogens is 454 g/mol. The molecule has 1 amide bonds. The number of nitrogens with two attached hydrogens (primary N) is 1. The summed E-state index contributed by atoms with van der Waals surface area (Å²) in [5, 5.41) is 9.08. The zero-order chi connectivity index (χ0) is 24.8. The standard InChI is InChI=1S/C23H31N7O3S/c1-5-7-13-29(18-19(24)30(12-6-2)22(33)25-21(18)32)17(31)14-34-23-27-26-20(28(23)4)16-10-8-15(3)9-11-16/h8-11H,5-7,12-14,24H2,1-4H3,(H,25,32,33). The number of anilines is 2. The van der Waals surface area contributed by atoms with Gasteiger partial charge < -0.3 is 15.2 Å². The lowest BCUT2D eigenvalue weighted by molar-refractivity contribution is -0.116. The Morgan fingerprint density at radius 2 is 1.85 bits per heavy atom. The number of nitrogens with one attached hydrogen (secondary N) is 1. The fourth-order valence-electron chi connectivity index (χ4n) is 3.56. The molecule has 182 valence electrons. The number of benzene rings is 1. The summed E-state index contributed by atoms with van der Waals surface area (Å²) in [6, 6.07) is 7.97. The van der Waals surface area contributed by atoms with E-state index in [1.54, 1.807) is 0 Å². The number of thioether (sulfide) groups is 1. The van der Waals surface area contributed by atoms with Crippen molar-refractivity contribution < 1.29 is 4.79 Å². The number of nitrogen functional groups attached to an aromatic ring is 1. The first-order valence-corrected chi connectivity index (χ1v) is 12.3. The van der Waals surface area contributed by atoms with Gasteiger partial charge in [0.05, 0.1) is 5.75 Å². The largest absolute Gasteiger partial charge is 0.383 e. The van der Waals surface area contributed by atoms with E-state index >= 15 is 0 Å². The second-order valence-corrected chi connectivity index (χ2v) is 9.01. The number of amides is 1. The van der Waals surface area contributed by atoms with E-state index in [0.717, 1.165) is 17.5 Å². The molecule has 11 heteroatoms. The van der Waals surface area contributed by atoms with Gasteiger partial charge in [-0.3, -0.25) is 19.1 Å². The summed E-state index contributed by atoms with van der Waals surface area (Å²) >= 11 is 1.24. The van der Waals surface area contributed by atoms with Crippen molar-refractivity contribution in [3.63, 3.8) is 0 Å². The maximum absolute atomic E-state index is 13.3. The minimum atomic E-state index is -0.662. The molecule has 0 atom stereocenters. The molecule has 0 unspecified atom stereocenters. The predicted molar refractivity (Wildman–Crippen MR) is 135 cm³/mol. The predicted octanol–water partition coefficient (Wildman–Crippen LogP) is 2.56. The molecule has 0 aliphatic carbocycles. The molecule has 34 heavy (non-hydrogen) atoms. The van der Waals surface area contributed by atoms with Crippen molar-refractivity contribution in [1.82, 2.24) is 24.3 Å². The van der Waals surface area contributed by atoms with E-state index in [1.165, 1.54) is 21.2 Å². The number of aryl methyl sites for hydroxylation is 1. The Labute approximate surface area is 202 Å². The zero-order valence-electron chi connectivity index (χ0n) is 20.0. The number of carbonyl (C=O) groups is 1. The van der Waals surface area contributed by atoms with E-state index in [2.05, 4.69) is 15.2 Å². The molecule has 3 N–H and O–H groups in total. The number of unbranched alkanes of at least 4 members (excludes halogenated alkanes) is 1. The van der Waals surface area contributed by atoms with E-state index in [0.29, 0.717) is 36.9 Å². The van der Waals surface area contributed by atoms with Gasteiger partial charge in [0.15, 0.2) is 16.7 Å². The van der Waals surface area contributed by atoms with Gasteiger partial charge in [0.25, 0.3) is 5.56 Å². The molecule has 0 saturated carbocycles. The highest BCUT2D eigenvalue weighted by Gasteiger charge is 2.24. The van der Waals surface area contributed by atoms with Crippen LogP contribution < -0.4 is 21.9 Å². The first-order valence-electron chi connectivity index (χ1n) is 11.3. The Balaban J connectivity index is 1.86. The van der Waals surface area contributed by atoms with Crippen LogP contribution in [0.1, 0.15) is 38.7 Å². The SMILES string of the molecule is CCCCN(C(=O)CSc1nnc(-c2ccc(C)cc2)n1C)c1c(N)n(CCC)c(=O)[nH]c1=O. The highest BCUT2D eigenvalue weighted by Crippen LogP contribution is 2.25. The minimum Gasteiger partial charge on any atom is -0.383 e. The van der Waals surface area contributed by atoms with Crippen molar-refractivity contribution in [2.75, 3.05) is 22.9 Å². The highest BCUT2D eigenvalue weighted by atomic mass is 32.2. The van der Waals surface area contributed by atoms with Gasteiger partial charge in [-0.05, 0) is 19.8 Å². The molecule has 0 aliphatic heterocycles. The van der Waals surface area contributed by atoms with Gasteiger partial charge in [-0.15, -0.1) is 10.2 Å². The number of hydrogen-bond acceptors (Lipinski definition) is 7. The van der Waals surface area contributed by atoms with Crippen LogP contribution in [0.15, 0.2) is 39.0 Å². The summed E-state index contributed by atoms with van der Waals surface area (Å²) in [7, 11) is 1.85. The Morgan fingerprint density at radius 1 is 1.15 bits per heavy atom. The Bertz CT molecular complexity index is 1260. The second kappa shape index (κ2) is 11.2. The van der Waals surface area contributed by atoms with Crippen LogP contribution in [0, 0.1) is 6.92 Å². The quantitative estimate of drug-likeness (QED) is 0.422. The molecule has 1 aromatic carbocycles. The molecule has 2 aromatic heterocycles. The summed E-state index contributed by atoms with van der Waals surface area (Å²) in [5.41, 5.74) is 7.07. The second-order valence-electron chi connectivity index (χ2n) is 8.06. The number of aromatic amines is 1. The molecule has 10 nitrogen and oxygen atoms in total. The van der Waals surface area contributed by atoms with Crippen LogP contribution in [0.4, 0.5) is 11.5 Å². The number of H-pyrrole nitrogens is 1. The van der Waals surface area contributed by atoms with E-state index < -0.39 is 11.2 Å². The van der Waals surface area contributed by atoms with Crippen LogP contribution >= 0.6 is 11.8 Å². The first-order chi connectivity index (χ1) is 16.3. The Kier molecular flexibility index (Phi) is 8.32. The van der Waals surface area contributed by atoms with Crippen molar-refractivity contribution in [3.8, 4) is 11.4 Å². The van der Waals surface area contributed by atoms with Crippen LogP contribution in [0.3, 0.4) is 0 Å². The van der Waals surface area contributed by atoms with E-state index in [-0.39, 0.29) is 23.2 Å². The third kappa shape index (κ3) is 5.41. The molecule has 0 radical (unpaired) electrons. The maximum atomic E-state index is 13.3. The van der Waals surface area contributed by atoms with Crippen molar-refractivity contribution in [3.05, 3.63) is 50.7 Å². The summed E-state index contributed by atoms with van der Waals surface area (Å²) in [6.45, 7) is 6.58. The fraction of sp³-hybridized carbons (Fsp3) is 0.435. The molecule has 3 aromatic rings. The number of aromatic nitrogens is 5. The summed E-state index contributed by atoms with van der Waals surface area (Å²) in [4.78, 5) is 41.8. The van der Waals surface area contributed by atoms with Crippen LogP contribution in [-0.2, 0) is 18.4 Å². The average molecular weight is 486 g/mol. The third-order valence-corrected chi connectivity index (χ3v) is 6.44. The maximum Gasteiger partial charge on any atom is 0.330 e. The highest BCUT2D eigenvalue weighted by molar-refractivity contribution is 7.99. The molecule has 0 spiro atoms. The van der Waals surface area contributed by atoms with Crippen LogP contribution in [-0.4, -0.2) is 42.5 Å². The van der Waals surface area contributed by atoms with Gasteiger partial charge in [0, 0.05) is 25.7 Å². The van der Waals surface area contributed by atoms with Gasteiger partial charge >= 0.3 is 5.69 Å². The first kappa shape index (κ1) is 25.3. The van der Waals surface area contributed by atoms with Crippen molar-refractivity contribution in [2.45, 2.75) is 51.7 Å². The van der Waals surface area contributed by atoms with Gasteiger partial charge in [-0.2, -0.15) is 0 Å². The van der Waals surface area contributed by atoms with Gasteiger partial charge in [0.1, 0.15) is 5.82 Å². The molecule has 3 rings (SSSR count). The van der Waals surface area contributed by atoms with Gasteiger partial charge in [-0.1, -0.05) is 61.9 Å². The molecule has 0 aliphatic rings. The summed E-state index contributed by atoms with van der Waals surface area (Å²) in [5.74, 6) is 0.447. The minimum absolute atomic E-state index is 0.00497. The number of hydrogen-bond donors (Lipinski definition) is 2. The summed E-state index contributed by atoms with van der Waals surface area (Å²) < 4.78 is 3.13. The Morgan fingerprint density at radius 3 is 2.50 bits per heavy atom. The molecule has 0 bridgehead atoms. The van der Waals surface area contributed by atoms with Crippen LogP contribution in [0.2, 0.25) is 0 Å². The average Bonchev–Trinajstić information content (AvgIpc) is 3.17. The van der Waals surface area contributed by atoms with E-state index in [4.69, 9.17) is 5.73 Å². The topological polar surface area (TPSA) is 132 Å². The summed E-state index contributed by atoms with van der Waals surface area (Å²) in [6.07, 6.45) is 2.17. The van der Waals surface area contributed by atoms with Crippen molar-refractivity contribution in [1.29, 1.82) is 0 Å². The van der Waals surface area contributed by atoms with E-state index in [1.807, 2.05) is 56.7 Å².